The summed E-state index contributed by atoms with van der Waals surface area (Å²) in [5.74, 6) is -2.80. The fourth-order valence-corrected chi connectivity index (χ4v) is 12.2. The van der Waals surface area contributed by atoms with Crippen LogP contribution in [0.25, 0.3) is 22.3 Å². The Morgan fingerprint density at radius 2 is 0.912 bits per heavy atom. The van der Waals surface area contributed by atoms with E-state index in [1.165, 1.54) is 24.3 Å². The number of nitrogens with one attached hydrogen (secondary N) is 6. The molecule has 430 valence electrons. The van der Waals surface area contributed by atoms with E-state index in [1.807, 2.05) is 21.9 Å². The van der Waals surface area contributed by atoms with Crippen molar-refractivity contribution in [2.24, 2.45) is 11.8 Å². The molecule has 8 rings (SSSR count). The second-order valence-electron chi connectivity index (χ2n) is 22.5. The van der Waals surface area contributed by atoms with Crippen LogP contribution >= 0.6 is 0 Å². The van der Waals surface area contributed by atoms with Gasteiger partial charge in [0, 0.05) is 62.1 Å². The fourth-order valence-electron chi connectivity index (χ4n) is 12.2. The minimum Gasteiger partial charge on any atom is -0.352 e. The third-order valence-electron chi connectivity index (χ3n) is 17.1. The number of rotatable bonds is 23. The van der Waals surface area contributed by atoms with Crippen molar-refractivity contribution in [1.82, 2.24) is 51.7 Å². The quantitative estimate of drug-likeness (QED) is 0.0391. The van der Waals surface area contributed by atoms with Crippen LogP contribution in [-0.2, 0) is 19.2 Å². The first kappa shape index (κ1) is 59.5. The summed E-state index contributed by atoms with van der Waals surface area (Å²) in [6.07, 6.45) is 22.5. The van der Waals surface area contributed by atoms with Gasteiger partial charge >= 0.3 is 0 Å². The second-order valence-corrected chi connectivity index (χ2v) is 22.5. The molecule has 4 fully saturated rings. The van der Waals surface area contributed by atoms with Crippen LogP contribution in [0, 0.1) is 23.5 Å². The van der Waals surface area contributed by atoms with Gasteiger partial charge < -0.3 is 41.7 Å². The Balaban J connectivity index is 0.805. The van der Waals surface area contributed by atoms with E-state index in [2.05, 4.69) is 41.9 Å². The summed E-state index contributed by atoms with van der Waals surface area (Å²) in [7, 11) is 3.45. The summed E-state index contributed by atoms with van der Waals surface area (Å²) in [6.45, 7) is 5.31. The Labute approximate surface area is 470 Å². The molecular weight excluding hydrogens is 1020 g/mol. The van der Waals surface area contributed by atoms with Crippen LogP contribution in [0.4, 0.5) is 8.78 Å². The lowest BCUT2D eigenvalue weighted by molar-refractivity contribution is -0.139. The molecule has 6 atom stereocenters. The van der Waals surface area contributed by atoms with Crippen LogP contribution in [0.3, 0.4) is 0 Å². The van der Waals surface area contributed by atoms with Crippen molar-refractivity contribution < 1.29 is 37.5 Å². The van der Waals surface area contributed by atoms with Gasteiger partial charge in [-0.25, -0.2) is 8.78 Å². The minimum absolute atomic E-state index is 0.0670. The average molecular weight is 1100 g/mol. The number of benzene rings is 2. The first-order valence-electron chi connectivity index (χ1n) is 29.4. The van der Waals surface area contributed by atoms with E-state index < -0.39 is 47.6 Å². The molecule has 18 heteroatoms. The maximum atomic E-state index is 15.2. The standard InChI is InChI=1S/C62H82F2N10O6/c1-39(65-3)57(75)71-55(41-17-9-7-10-18-41)61(79)73-29-15-21-53(73)47-31-45(35-67-37-47)43-23-25-51(63)49(33-43)59(77)69-27-13-5-6-14-28-70-60(78)50-34-44(24-26-52(50)64)46-32-48(38-68-36-46)54-22-16-30-74(54)62(80)56(42-19-11-8-12-20-42)72-58(76)40(2)66-4/h23-26,31-42,53-56,65-66H,5-22,27-30H2,1-4H3,(H,69,77)(H,70,78)(H,71,75)(H,72,76)/t39-,40-,53-,54-,55-,56-/m0/s1. The van der Waals surface area contributed by atoms with Gasteiger partial charge in [0.15, 0.2) is 0 Å². The third kappa shape index (κ3) is 14.8. The number of unbranched alkanes of at least 4 members (excludes halogenated alkanes) is 3. The van der Waals surface area contributed by atoms with E-state index in [-0.39, 0.29) is 58.7 Å². The molecule has 4 aliphatic rings. The SMILES string of the molecule is CN[C@@H](C)C(=O)N[C@H](C(=O)N1CCC[C@H]1c1cncc(-c2ccc(F)c(C(=O)NCCCCCCNC(=O)c3cc(-c4cncc([C@@H]5CCCN5C(=O)[C@@H](NC(=O)[C@H](C)NC)C5CCCCC5)c4)ccc3F)c2)c1)C1CCCCC1. The molecule has 6 N–H and O–H groups in total. The average Bonchev–Trinajstić information content (AvgIpc) is 4.21. The summed E-state index contributed by atoms with van der Waals surface area (Å²) in [5.41, 5.74) is 4.08. The van der Waals surface area contributed by atoms with Gasteiger partial charge in [0.05, 0.1) is 35.3 Å². The van der Waals surface area contributed by atoms with Gasteiger partial charge in [-0.15, -0.1) is 0 Å². The first-order chi connectivity index (χ1) is 38.8. The highest BCUT2D eigenvalue weighted by Gasteiger charge is 2.41. The van der Waals surface area contributed by atoms with E-state index in [1.54, 1.807) is 64.9 Å². The largest absolute Gasteiger partial charge is 0.352 e. The molecule has 2 saturated heterocycles. The monoisotopic (exact) mass is 1100 g/mol. The molecule has 0 radical (unpaired) electrons. The highest BCUT2D eigenvalue weighted by molar-refractivity contribution is 5.97. The van der Waals surface area contributed by atoms with Crippen molar-refractivity contribution >= 4 is 35.4 Å². The highest BCUT2D eigenvalue weighted by Crippen LogP contribution is 2.38. The van der Waals surface area contributed by atoms with Crippen LogP contribution in [0.15, 0.2) is 73.3 Å². The van der Waals surface area contributed by atoms with Crippen molar-refractivity contribution in [2.75, 3.05) is 40.3 Å². The molecule has 0 unspecified atom stereocenters. The molecule has 0 bridgehead atoms. The number of likely N-dealkylation sites (tertiary alicyclic amines) is 2. The summed E-state index contributed by atoms with van der Waals surface area (Å²) in [4.78, 5) is 94.4. The summed E-state index contributed by atoms with van der Waals surface area (Å²) in [5, 5.41) is 17.8. The molecule has 4 aromatic rings. The molecule has 2 aromatic heterocycles. The number of aromatic nitrogens is 2. The van der Waals surface area contributed by atoms with Crippen molar-refractivity contribution in [3.05, 3.63) is 107 Å². The lowest BCUT2D eigenvalue weighted by atomic mass is 9.83. The lowest BCUT2D eigenvalue weighted by Gasteiger charge is -2.35. The topological polar surface area (TPSA) is 207 Å². The molecule has 2 aliphatic carbocycles. The van der Waals surface area contributed by atoms with Gasteiger partial charge in [-0.2, -0.15) is 0 Å². The second kappa shape index (κ2) is 28.7. The Hall–Kier alpha value is -6.66. The third-order valence-corrected chi connectivity index (χ3v) is 17.1. The van der Waals surface area contributed by atoms with E-state index in [0.717, 1.165) is 114 Å². The fraction of sp³-hybridized carbons (Fsp3) is 0.548. The minimum atomic E-state index is -0.653. The molecule has 2 aromatic carbocycles. The number of hydrogen-bond acceptors (Lipinski definition) is 10. The molecule has 80 heavy (non-hydrogen) atoms. The Bertz CT molecular complexity index is 2620. The number of halogens is 2. The van der Waals surface area contributed by atoms with Crippen LogP contribution in [0.2, 0.25) is 0 Å². The van der Waals surface area contributed by atoms with E-state index >= 15 is 8.78 Å². The van der Waals surface area contributed by atoms with Crippen molar-refractivity contribution in [1.29, 1.82) is 0 Å². The van der Waals surface area contributed by atoms with E-state index in [4.69, 9.17) is 0 Å². The number of carbonyl (C=O) groups excluding carboxylic acids is 6. The normalized spacial score (nSPS) is 19.4. The summed E-state index contributed by atoms with van der Waals surface area (Å²) < 4.78 is 30.5. The van der Waals surface area contributed by atoms with Crippen LogP contribution in [-0.4, -0.2) is 120 Å². The zero-order valence-electron chi connectivity index (χ0n) is 47.1. The number of pyridine rings is 2. The van der Waals surface area contributed by atoms with Gasteiger partial charge in [-0.05, 0) is 163 Å². The molecule has 16 nitrogen and oxygen atoms in total. The Morgan fingerprint density at radius 3 is 1.30 bits per heavy atom. The molecular formula is C62H82F2N10O6. The first-order valence-corrected chi connectivity index (χ1v) is 29.4. The number of carbonyl (C=O) groups is 6. The van der Waals surface area contributed by atoms with Gasteiger partial charge in [0.2, 0.25) is 23.6 Å². The summed E-state index contributed by atoms with van der Waals surface area (Å²) >= 11 is 0. The van der Waals surface area contributed by atoms with Crippen molar-refractivity contribution in [3.63, 3.8) is 0 Å². The molecule has 4 heterocycles. The molecule has 2 aliphatic heterocycles. The molecule has 2 saturated carbocycles. The zero-order chi connectivity index (χ0) is 56.7. The number of amides is 6. The van der Waals surface area contributed by atoms with Gasteiger partial charge in [0.25, 0.3) is 11.8 Å². The van der Waals surface area contributed by atoms with E-state index in [0.29, 0.717) is 61.3 Å². The number of likely N-dealkylation sites (N-methyl/N-ethyl adjacent to an activating group) is 2. The van der Waals surface area contributed by atoms with Crippen LogP contribution < -0.4 is 31.9 Å². The Kier molecular flexibility index (Phi) is 21.3. The van der Waals surface area contributed by atoms with Crippen LogP contribution in [0.1, 0.15) is 173 Å². The smallest absolute Gasteiger partial charge is 0.254 e. The number of hydrogen-bond donors (Lipinski definition) is 6. The maximum Gasteiger partial charge on any atom is 0.254 e. The Morgan fingerprint density at radius 1 is 0.512 bits per heavy atom. The van der Waals surface area contributed by atoms with Crippen molar-refractivity contribution in [2.45, 2.75) is 166 Å². The molecule has 6 amide bonds. The zero-order valence-corrected chi connectivity index (χ0v) is 47.1. The van der Waals surface area contributed by atoms with Gasteiger partial charge in [-0.3, -0.25) is 38.7 Å². The lowest BCUT2D eigenvalue weighted by Crippen LogP contribution is -2.55. The summed E-state index contributed by atoms with van der Waals surface area (Å²) in [6, 6.07) is 10.1. The van der Waals surface area contributed by atoms with E-state index in [9.17, 15) is 28.8 Å². The maximum absolute atomic E-state index is 15.2. The van der Waals surface area contributed by atoms with Gasteiger partial charge in [-0.1, -0.05) is 63.5 Å². The van der Waals surface area contributed by atoms with Crippen LogP contribution in [0.5, 0.6) is 0 Å². The molecule has 0 spiro atoms. The highest BCUT2D eigenvalue weighted by atomic mass is 19.1. The predicted octanol–water partition coefficient (Wildman–Crippen LogP) is 8.48. The number of nitrogens with zero attached hydrogens (tertiary/aromatic N) is 4. The predicted molar refractivity (Wildman–Crippen MR) is 304 cm³/mol. The van der Waals surface area contributed by atoms with Crippen molar-refractivity contribution in [3.8, 4) is 22.3 Å². The van der Waals surface area contributed by atoms with Gasteiger partial charge in [0.1, 0.15) is 23.7 Å².